The molecule has 3 N–H and O–H groups in total. The van der Waals surface area contributed by atoms with Crippen LogP contribution >= 0.6 is 11.8 Å². The van der Waals surface area contributed by atoms with Crippen molar-refractivity contribution in [3.8, 4) is 5.75 Å². The van der Waals surface area contributed by atoms with Crippen molar-refractivity contribution in [2.24, 2.45) is 0 Å². The van der Waals surface area contributed by atoms with Gasteiger partial charge in [0.05, 0.1) is 10.6 Å². The highest BCUT2D eigenvalue weighted by atomic mass is 32.2. The molecule has 0 spiro atoms. The maximum absolute atomic E-state index is 12.5. The van der Waals surface area contributed by atoms with Crippen LogP contribution in [0.25, 0.3) is 0 Å². The second-order valence-electron chi connectivity index (χ2n) is 6.17. The lowest BCUT2D eigenvalue weighted by atomic mass is 10.2. The molecule has 0 aliphatic heterocycles. The van der Waals surface area contributed by atoms with Crippen LogP contribution in [0.5, 0.6) is 5.75 Å². The van der Waals surface area contributed by atoms with E-state index in [0.717, 1.165) is 5.56 Å². The predicted molar refractivity (Wildman–Crippen MR) is 114 cm³/mol. The molecule has 1 amide bonds. The third kappa shape index (κ3) is 6.22. The van der Waals surface area contributed by atoms with Gasteiger partial charge in [0.2, 0.25) is 0 Å². The Morgan fingerprint density at radius 3 is 2.63 bits per heavy atom. The number of carbonyl (C=O) groups excluding carboxylic acids is 1. The minimum absolute atomic E-state index is 0.104. The number of nitrogens with one attached hydrogen (secondary N) is 3. The fourth-order valence-electron chi connectivity index (χ4n) is 2.41. The molecule has 0 bridgehead atoms. The average molecular weight is 448 g/mol. The lowest BCUT2D eigenvalue weighted by Crippen LogP contribution is -2.30. The van der Waals surface area contributed by atoms with E-state index in [4.69, 9.17) is 4.74 Å². The van der Waals surface area contributed by atoms with Gasteiger partial charge in [-0.2, -0.15) is 5.10 Å². The molecule has 0 fully saturated rings. The van der Waals surface area contributed by atoms with Gasteiger partial charge in [0.1, 0.15) is 12.1 Å². The predicted octanol–water partition coefficient (Wildman–Crippen LogP) is 2.20. The zero-order valence-corrected chi connectivity index (χ0v) is 17.8. The molecular formula is C19H21N5O4S2. The van der Waals surface area contributed by atoms with Crippen molar-refractivity contribution in [1.29, 1.82) is 0 Å². The molecule has 11 heteroatoms. The van der Waals surface area contributed by atoms with Gasteiger partial charge in [-0.1, -0.05) is 30.0 Å². The molecule has 2 aromatic carbocycles. The summed E-state index contributed by atoms with van der Waals surface area (Å²) in [5.74, 6) is 0.767. The summed E-state index contributed by atoms with van der Waals surface area (Å²) in [6.07, 6.45) is 1.42. The average Bonchev–Trinajstić information content (AvgIpc) is 3.25. The number of aryl methyl sites for hydroxylation is 1. The van der Waals surface area contributed by atoms with E-state index >= 15 is 0 Å². The Kier molecular flexibility index (Phi) is 7.31. The second kappa shape index (κ2) is 10.1. The van der Waals surface area contributed by atoms with Crippen LogP contribution in [-0.2, 0) is 14.8 Å². The summed E-state index contributed by atoms with van der Waals surface area (Å²) < 4.78 is 33.0. The Bertz CT molecular complexity index is 1070. The number of carbonyl (C=O) groups is 1. The largest absolute Gasteiger partial charge is 0.484 e. The normalized spacial score (nSPS) is 11.1. The molecule has 0 saturated heterocycles. The number of aromatic nitrogens is 3. The summed E-state index contributed by atoms with van der Waals surface area (Å²) in [5.41, 5.74) is 1.35. The number of H-pyrrole nitrogens is 1. The highest BCUT2D eigenvalue weighted by Crippen LogP contribution is 2.21. The first-order chi connectivity index (χ1) is 14.4. The molecule has 3 rings (SSSR count). The molecule has 0 unspecified atom stereocenters. The van der Waals surface area contributed by atoms with Crippen LogP contribution in [0, 0.1) is 6.92 Å². The quantitative estimate of drug-likeness (QED) is 0.321. The lowest BCUT2D eigenvalue weighted by molar-refractivity contribution is -0.122. The zero-order chi connectivity index (χ0) is 21.4. The number of ether oxygens (including phenoxy) is 1. The topological polar surface area (TPSA) is 126 Å². The minimum Gasteiger partial charge on any atom is -0.484 e. The van der Waals surface area contributed by atoms with E-state index in [2.05, 4.69) is 25.2 Å². The summed E-state index contributed by atoms with van der Waals surface area (Å²) in [5, 5.41) is 9.88. The van der Waals surface area contributed by atoms with Crippen molar-refractivity contribution in [2.75, 3.05) is 23.6 Å². The number of para-hydroxylation sites is 1. The van der Waals surface area contributed by atoms with Gasteiger partial charge in [-0.25, -0.2) is 13.4 Å². The third-order valence-electron chi connectivity index (χ3n) is 3.95. The van der Waals surface area contributed by atoms with Crippen molar-refractivity contribution in [3.63, 3.8) is 0 Å². The van der Waals surface area contributed by atoms with Crippen LogP contribution in [0.2, 0.25) is 0 Å². The number of anilines is 1. The van der Waals surface area contributed by atoms with Crippen LogP contribution in [0.15, 0.2) is 64.9 Å². The van der Waals surface area contributed by atoms with Crippen molar-refractivity contribution in [1.82, 2.24) is 20.5 Å². The summed E-state index contributed by atoms with van der Waals surface area (Å²) in [4.78, 5) is 15.9. The highest BCUT2D eigenvalue weighted by Gasteiger charge is 2.15. The third-order valence-corrected chi connectivity index (χ3v) is 6.21. The van der Waals surface area contributed by atoms with Crippen LogP contribution in [0.1, 0.15) is 5.56 Å². The number of hydrogen-bond donors (Lipinski definition) is 3. The molecule has 158 valence electrons. The number of benzene rings is 2. The van der Waals surface area contributed by atoms with E-state index in [0.29, 0.717) is 28.9 Å². The number of nitrogens with zero attached hydrogens (tertiary/aromatic N) is 2. The first-order valence-corrected chi connectivity index (χ1v) is 11.5. The monoisotopic (exact) mass is 447 g/mol. The second-order valence-corrected chi connectivity index (χ2v) is 8.94. The number of thioether (sulfide) groups is 1. The van der Waals surface area contributed by atoms with Crippen LogP contribution in [-0.4, -0.2) is 48.4 Å². The standard InChI is InChI=1S/C19H21N5O4S2/c1-14-4-2-3-5-17(14)24-30(26,27)16-8-6-15(7-9-16)28-12-18(25)20-10-11-29-19-21-13-22-23-19/h2-9,13,24H,10-12H2,1H3,(H,20,25)(H,21,22,23). The molecule has 0 aliphatic carbocycles. The number of amides is 1. The van der Waals surface area contributed by atoms with Crippen molar-refractivity contribution in [3.05, 3.63) is 60.4 Å². The summed E-state index contributed by atoms with van der Waals surface area (Å²) in [6, 6.07) is 13.0. The molecule has 9 nitrogen and oxygen atoms in total. The lowest BCUT2D eigenvalue weighted by Gasteiger charge is -2.11. The van der Waals surface area contributed by atoms with E-state index in [1.165, 1.54) is 42.4 Å². The summed E-state index contributed by atoms with van der Waals surface area (Å²) in [7, 11) is -3.72. The Balaban J connectivity index is 1.45. The van der Waals surface area contributed by atoms with Gasteiger partial charge >= 0.3 is 0 Å². The fraction of sp³-hybridized carbons (Fsp3) is 0.211. The maximum atomic E-state index is 12.5. The zero-order valence-electron chi connectivity index (χ0n) is 16.2. The molecule has 1 aromatic heterocycles. The fourth-order valence-corrected chi connectivity index (χ4v) is 4.18. The van der Waals surface area contributed by atoms with Gasteiger partial charge in [-0.3, -0.25) is 14.6 Å². The smallest absolute Gasteiger partial charge is 0.261 e. The van der Waals surface area contributed by atoms with Crippen LogP contribution in [0.4, 0.5) is 5.69 Å². The maximum Gasteiger partial charge on any atom is 0.261 e. The number of sulfonamides is 1. The summed E-state index contributed by atoms with van der Waals surface area (Å²) >= 11 is 1.44. The van der Waals surface area contributed by atoms with Gasteiger partial charge in [-0.05, 0) is 42.8 Å². The minimum atomic E-state index is -3.72. The Morgan fingerprint density at radius 2 is 1.93 bits per heavy atom. The van der Waals surface area contributed by atoms with Crippen LogP contribution < -0.4 is 14.8 Å². The Morgan fingerprint density at radius 1 is 1.17 bits per heavy atom. The molecule has 0 atom stereocenters. The molecule has 0 aliphatic rings. The number of hydrogen-bond acceptors (Lipinski definition) is 7. The molecular weight excluding hydrogens is 426 g/mol. The Hall–Kier alpha value is -3.05. The van der Waals surface area contributed by atoms with Crippen LogP contribution in [0.3, 0.4) is 0 Å². The SMILES string of the molecule is Cc1ccccc1NS(=O)(=O)c1ccc(OCC(=O)NCCSc2ncn[nH]2)cc1. The number of rotatable bonds is 10. The van der Waals surface area contributed by atoms with Gasteiger partial charge in [0.25, 0.3) is 15.9 Å². The van der Waals surface area contributed by atoms with Gasteiger partial charge < -0.3 is 10.1 Å². The molecule has 30 heavy (non-hydrogen) atoms. The Labute approximate surface area is 178 Å². The highest BCUT2D eigenvalue weighted by molar-refractivity contribution is 7.99. The molecule has 1 heterocycles. The van der Waals surface area contributed by atoms with Gasteiger partial charge in [0, 0.05) is 12.3 Å². The first-order valence-electron chi connectivity index (χ1n) is 9.00. The molecule has 3 aromatic rings. The van der Waals surface area contributed by atoms with E-state index in [1.54, 1.807) is 12.1 Å². The van der Waals surface area contributed by atoms with Gasteiger partial charge in [-0.15, -0.1) is 0 Å². The van der Waals surface area contributed by atoms with Gasteiger partial charge in [0.15, 0.2) is 11.8 Å². The van der Waals surface area contributed by atoms with E-state index in [9.17, 15) is 13.2 Å². The first kappa shape index (κ1) is 21.7. The summed E-state index contributed by atoms with van der Waals surface area (Å²) in [6.45, 7) is 2.11. The number of aromatic amines is 1. The van der Waals surface area contributed by atoms with E-state index < -0.39 is 10.0 Å². The van der Waals surface area contributed by atoms with Crippen molar-refractivity contribution >= 4 is 33.4 Å². The van der Waals surface area contributed by atoms with Crippen molar-refractivity contribution < 1.29 is 17.9 Å². The van der Waals surface area contributed by atoms with E-state index in [1.807, 2.05) is 19.1 Å². The molecule has 0 radical (unpaired) electrons. The van der Waals surface area contributed by atoms with Crippen molar-refractivity contribution in [2.45, 2.75) is 17.0 Å². The van der Waals surface area contributed by atoms with E-state index in [-0.39, 0.29) is 17.4 Å². The molecule has 0 saturated carbocycles.